The monoisotopic (exact) mass is 286 g/mol. The molecule has 0 amide bonds. The van der Waals surface area contributed by atoms with Crippen LogP contribution in [0.4, 0.5) is 0 Å². The predicted molar refractivity (Wildman–Crippen MR) is 71.2 cm³/mol. The Morgan fingerprint density at radius 3 is 3.11 bits per heavy atom. The zero-order valence-corrected chi connectivity index (χ0v) is 11.0. The topological polar surface area (TPSA) is 71.6 Å². The zero-order valence-electron chi connectivity index (χ0n) is 9.45. The van der Waals surface area contributed by atoms with E-state index in [0.29, 0.717) is 16.9 Å². The summed E-state index contributed by atoms with van der Waals surface area (Å²) >= 11 is 7.12. The summed E-state index contributed by atoms with van der Waals surface area (Å²) in [4.78, 5) is 16.3. The van der Waals surface area contributed by atoms with Crippen molar-refractivity contribution in [1.82, 2.24) is 9.88 Å². The second-order valence-corrected chi connectivity index (χ2v) is 5.18. The molecule has 1 aliphatic heterocycles. The van der Waals surface area contributed by atoms with E-state index in [-0.39, 0.29) is 0 Å². The third kappa shape index (κ3) is 3.58. The van der Waals surface area contributed by atoms with Crippen LogP contribution in [0.3, 0.4) is 0 Å². The van der Waals surface area contributed by atoms with Gasteiger partial charge in [-0.05, 0) is 18.1 Å². The summed E-state index contributed by atoms with van der Waals surface area (Å²) in [5.74, 6) is 0.863. The summed E-state index contributed by atoms with van der Waals surface area (Å²) in [6.07, 6.45) is 2.66. The predicted octanol–water partition coefficient (Wildman–Crippen LogP) is 2.22. The van der Waals surface area contributed by atoms with Gasteiger partial charge in [0.25, 0.3) is 0 Å². The van der Waals surface area contributed by atoms with E-state index in [2.05, 4.69) is 10.1 Å². The Kier molecular flexibility index (Phi) is 4.38. The van der Waals surface area contributed by atoms with Crippen molar-refractivity contribution in [2.24, 2.45) is 5.10 Å². The van der Waals surface area contributed by atoms with Crippen molar-refractivity contribution in [2.45, 2.75) is 13.0 Å². The van der Waals surface area contributed by atoms with Gasteiger partial charge in [0.15, 0.2) is 5.03 Å². The minimum atomic E-state index is -0.652. The van der Waals surface area contributed by atoms with Crippen molar-refractivity contribution in [3.8, 4) is 0 Å². The molecule has 0 radical (unpaired) electrons. The lowest BCUT2D eigenvalue weighted by Gasteiger charge is -2.27. The first-order valence-electron chi connectivity index (χ1n) is 5.36. The summed E-state index contributed by atoms with van der Waals surface area (Å²) in [6, 6.07) is 3.57. The van der Waals surface area contributed by atoms with E-state index in [1.807, 2.05) is 11.0 Å². The van der Waals surface area contributed by atoms with Gasteiger partial charge in [0.2, 0.25) is 5.17 Å². The summed E-state index contributed by atoms with van der Waals surface area (Å²) in [5, 5.41) is 14.1. The second kappa shape index (κ2) is 6.01. The number of thioether (sulfide) groups is 1. The minimum Gasteiger partial charge on any atom is -0.342 e. The average Bonchev–Trinajstić information content (AvgIpc) is 2.34. The van der Waals surface area contributed by atoms with Crippen molar-refractivity contribution in [3.63, 3.8) is 0 Å². The molecule has 2 rings (SSSR count). The highest BCUT2D eigenvalue weighted by molar-refractivity contribution is 8.13. The molecule has 18 heavy (non-hydrogen) atoms. The minimum absolute atomic E-state index is 0.436. The fourth-order valence-corrected chi connectivity index (χ4v) is 2.67. The Balaban J connectivity index is 2.10. The van der Waals surface area contributed by atoms with Crippen molar-refractivity contribution in [2.75, 3.05) is 12.3 Å². The van der Waals surface area contributed by atoms with E-state index in [1.165, 1.54) is 11.8 Å². The van der Waals surface area contributed by atoms with E-state index >= 15 is 0 Å². The molecule has 0 atom stereocenters. The van der Waals surface area contributed by atoms with Crippen LogP contribution < -0.4 is 0 Å². The molecule has 1 aromatic heterocycles. The van der Waals surface area contributed by atoms with E-state index in [1.54, 1.807) is 12.3 Å². The first-order chi connectivity index (χ1) is 8.65. The third-order valence-electron chi connectivity index (χ3n) is 2.40. The van der Waals surface area contributed by atoms with Gasteiger partial charge in [0, 0.05) is 25.0 Å². The molecule has 0 unspecified atom stereocenters. The SMILES string of the molecule is O=[N+]([O-])N=C1SCCCN1Cc1ccc(Cl)nc1. The van der Waals surface area contributed by atoms with Gasteiger partial charge in [-0.25, -0.2) is 15.1 Å². The second-order valence-electron chi connectivity index (χ2n) is 3.73. The number of hydrogen-bond donors (Lipinski definition) is 0. The first-order valence-corrected chi connectivity index (χ1v) is 6.72. The van der Waals surface area contributed by atoms with Crippen LogP contribution in [-0.2, 0) is 6.54 Å². The van der Waals surface area contributed by atoms with Gasteiger partial charge >= 0.3 is 0 Å². The first kappa shape index (κ1) is 13.1. The molecule has 0 aliphatic carbocycles. The zero-order chi connectivity index (χ0) is 13.0. The maximum absolute atomic E-state index is 10.5. The molecular weight excluding hydrogens is 276 g/mol. The van der Waals surface area contributed by atoms with Gasteiger partial charge in [-0.1, -0.05) is 29.4 Å². The Morgan fingerprint density at radius 1 is 1.61 bits per heavy atom. The molecule has 1 aromatic rings. The summed E-state index contributed by atoms with van der Waals surface area (Å²) in [6.45, 7) is 1.33. The van der Waals surface area contributed by atoms with Crippen molar-refractivity contribution in [3.05, 3.63) is 39.2 Å². The number of amidine groups is 1. The van der Waals surface area contributed by atoms with Crippen molar-refractivity contribution in [1.29, 1.82) is 0 Å². The largest absolute Gasteiger partial charge is 0.342 e. The van der Waals surface area contributed by atoms with Gasteiger partial charge in [0.1, 0.15) is 5.15 Å². The fourth-order valence-electron chi connectivity index (χ4n) is 1.63. The Hall–Kier alpha value is -1.34. The van der Waals surface area contributed by atoms with Gasteiger partial charge in [0.05, 0.1) is 5.10 Å². The smallest absolute Gasteiger partial charge is 0.237 e. The Morgan fingerprint density at radius 2 is 2.44 bits per heavy atom. The molecule has 1 saturated heterocycles. The molecule has 96 valence electrons. The van der Waals surface area contributed by atoms with E-state index in [0.717, 1.165) is 24.3 Å². The van der Waals surface area contributed by atoms with Crippen molar-refractivity contribution < 1.29 is 5.03 Å². The normalized spacial score (nSPS) is 18.1. The maximum Gasteiger partial charge on any atom is 0.237 e. The number of aromatic nitrogens is 1. The summed E-state index contributed by atoms with van der Waals surface area (Å²) < 4.78 is 0. The molecule has 8 heteroatoms. The Labute approximate surface area is 113 Å². The summed E-state index contributed by atoms with van der Waals surface area (Å²) in [7, 11) is 0. The molecule has 0 saturated carbocycles. The van der Waals surface area contributed by atoms with Crippen LogP contribution in [0, 0.1) is 10.1 Å². The highest BCUT2D eigenvalue weighted by Crippen LogP contribution is 2.20. The van der Waals surface area contributed by atoms with E-state index in [4.69, 9.17) is 11.6 Å². The quantitative estimate of drug-likeness (QED) is 0.484. The highest BCUT2D eigenvalue weighted by Gasteiger charge is 2.20. The lowest BCUT2D eigenvalue weighted by Crippen LogP contribution is -2.34. The van der Waals surface area contributed by atoms with Crippen LogP contribution in [-0.4, -0.2) is 32.4 Å². The van der Waals surface area contributed by atoms with E-state index in [9.17, 15) is 10.1 Å². The lowest BCUT2D eigenvalue weighted by atomic mass is 10.2. The molecular formula is C10H11ClN4O2S. The average molecular weight is 287 g/mol. The fraction of sp³-hybridized carbons (Fsp3) is 0.400. The van der Waals surface area contributed by atoms with Gasteiger partial charge in [-0.2, -0.15) is 0 Å². The Bertz CT molecular complexity index is 465. The van der Waals surface area contributed by atoms with Crippen LogP contribution in [0.2, 0.25) is 5.15 Å². The van der Waals surface area contributed by atoms with Crippen LogP contribution >= 0.6 is 23.4 Å². The molecule has 0 N–H and O–H groups in total. The molecule has 2 heterocycles. The van der Waals surface area contributed by atoms with Gasteiger partial charge in [-0.15, -0.1) is 0 Å². The third-order valence-corrected chi connectivity index (χ3v) is 3.72. The number of nitrogens with zero attached hydrogens (tertiary/aromatic N) is 4. The molecule has 0 bridgehead atoms. The maximum atomic E-state index is 10.5. The number of nitro groups is 1. The molecule has 6 nitrogen and oxygen atoms in total. The number of pyridine rings is 1. The van der Waals surface area contributed by atoms with Crippen LogP contribution in [0.1, 0.15) is 12.0 Å². The summed E-state index contributed by atoms with van der Waals surface area (Å²) in [5.41, 5.74) is 0.956. The number of hydrogen-bond acceptors (Lipinski definition) is 4. The number of hydrazone groups is 1. The van der Waals surface area contributed by atoms with Crippen LogP contribution in [0.25, 0.3) is 0 Å². The lowest BCUT2D eigenvalue weighted by molar-refractivity contribution is -0.485. The van der Waals surface area contributed by atoms with Crippen LogP contribution in [0.15, 0.2) is 23.4 Å². The number of rotatable bonds is 3. The molecule has 1 aliphatic rings. The van der Waals surface area contributed by atoms with Crippen molar-refractivity contribution >= 4 is 28.5 Å². The molecule has 0 spiro atoms. The van der Waals surface area contributed by atoms with Crippen LogP contribution in [0.5, 0.6) is 0 Å². The molecule has 0 aromatic carbocycles. The van der Waals surface area contributed by atoms with Gasteiger partial charge < -0.3 is 4.90 Å². The number of halogens is 1. The highest BCUT2D eigenvalue weighted by atomic mass is 35.5. The standard InChI is InChI=1S/C10H11ClN4O2S/c11-9-3-2-8(6-12-9)7-14-4-1-5-18-10(14)13-15(16)17/h2-3,6H,1,4-5,7H2. The molecule has 1 fully saturated rings. The van der Waals surface area contributed by atoms with E-state index < -0.39 is 5.03 Å². The van der Waals surface area contributed by atoms with Gasteiger partial charge in [-0.3, -0.25) is 0 Å².